The lowest BCUT2D eigenvalue weighted by Crippen LogP contribution is -2.23. The van der Waals surface area contributed by atoms with Crippen molar-refractivity contribution in [3.8, 4) is 11.5 Å². The number of methoxy groups -OCH3 is 1. The first-order chi connectivity index (χ1) is 17.7. The van der Waals surface area contributed by atoms with Gasteiger partial charge in [0.1, 0.15) is 12.4 Å². The second-order valence-corrected chi connectivity index (χ2v) is 11.9. The minimum absolute atomic E-state index is 0.0490. The topological polar surface area (TPSA) is 65.7 Å². The third-order valence-corrected chi connectivity index (χ3v) is 8.16. The standard InChI is InChI=1S/C27H23Br4N3O3/c1-4-15(2)26-33-23-8-7-18(28)11-20(23)27(35)34(26)32-13-16-9-22(31)25(24(10-16)36-3)37-14-17-5-6-19(29)12-21(17)30/h5-13,15H,4,14H2,1-3H3/t15-/m1/s1. The molecule has 1 heterocycles. The molecule has 0 aliphatic rings. The minimum atomic E-state index is -0.219. The predicted octanol–water partition coefficient (Wildman–Crippen LogP) is 8.43. The first-order valence-electron chi connectivity index (χ1n) is 11.4. The number of benzene rings is 3. The Hall–Kier alpha value is -2.01. The molecule has 6 nitrogen and oxygen atoms in total. The number of nitrogens with zero attached hydrogens (tertiary/aromatic N) is 3. The third kappa shape index (κ3) is 6.35. The van der Waals surface area contributed by atoms with Crippen LogP contribution in [0.25, 0.3) is 10.9 Å². The van der Waals surface area contributed by atoms with Crippen LogP contribution in [0.2, 0.25) is 0 Å². The van der Waals surface area contributed by atoms with Crippen LogP contribution in [0.15, 0.2) is 76.3 Å². The van der Waals surface area contributed by atoms with Gasteiger partial charge in [0, 0.05) is 24.9 Å². The predicted molar refractivity (Wildman–Crippen MR) is 162 cm³/mol. The SMILES string of the molecule is CC[C@@H](C)c1nc2ccc(Br)cc2c(=O)n1N=Cc1cc(Br)c(OCc2ccc(Br)cc2Br)c(OC)c1. The van der Waals surface area contributed by atoms with Crippen LogP contribution in [-0.2, 0) is 6.61 Å². The molecule has 1 aromatic heterocycles. The summed E-state index contributed by atoms with van der Waals surface area (Å²) in [5, 5.41) is 5.06. The average molecular weight is 757 g/mol. The van der Waals surface area contributed by atoms with Crippen molar-refractivity contribution in [1.82, 2.24) is 9.66 Å². The fourth-order valence-electron chi connectivity index (χ4n) is 3.65. The van der Waals surface area contributed by atoms with Crippen molar-refractivity contribution < 1.29 is 9.47 Å². The third-order valence-electron chi connectivity index (χ3n) is 5.85. The number of ether oxygens (including phenoxy) is 2. The summed E-state index contributed by atoms with van der Waals surface area (Å²) in [5.74, 6) is 1.78. The second-order valence-electron chi connectivity index (χ2n) is 8.36. The minimum Gasteiger partial charge on any atom is -0.493 e. The quantitative estimate of drug-likeness (QED) is 0.170. The highest BCUT2D eigenvalue weighted by molar-refractivity contribution is 9.11. The maximum atomic E-state index is 13.4. The largest absolute Gasteiger partial charge is 0.493 e. The fourth-order valence-corrected chi connectivity index (χ4v) is 5.74. The number of halogens is 4. The molecule has 0 amide bonds. The van der Waals surface area contributed by atoms with E-state index < -0.39 is 0 Å². The lowest BCUT2D eigenvalue weighted by Gasteiger charge is -2.15. The van der Waals surface area contributed by atoms with Gasteiger partial charge in [-0.15, -0.1) is 0 Å². The number of rotatable bonds is 8. The molecule has 4 rings (SSSR count). The summed E-state index contributed by atoms with van der Waals surface area (Å²) in [4.78, 5) is 18.1. The second kappa shape index (κ2) is 12.2. The van der Waals surface area contributed by atoms with Crippen molar-refractivity contribution in [2.75, 3.05) is 7.11 Å². The number of hydrogen-bond acceptors (Lipinski definition) is 5. The summed E-state index contributed by atoms with van der Waals surface area (Å²) >= 11 is 14.1. The Labute approximate surface area is 248 Å². The van der Waals surface area contributed by atoms with Crippen LogP contribution in [0, 0.1) is 0 Å². The molecule has 0 unspecified atom stereocenters. The number of hydrogen-bond donors (Lipinski definition) is 0. The van der Waals surface area contributed by atoms with Crippen LogP contribution in [-0.4, -0.2) is 23.0 Å². The molecule has 0 saturated heterocycles. The normalized spacial score (nSPS) is 12.3. The van der Waals surface area contributed by atoms with Crippen molar-refractivity contribution in [2.24, 2.45) is 5.10 Å². The molecule has 1 atom stereocenters. The van der Waals surface area contributed by atoms with Crippen LogP contribution in [0.5, 0.6) is 11.5 Å². The maximum Gasteiger partial charge on any atom is 0.282 e. The molecule has 0 saturated carbocycles. The summed E-state index contributed by atoms with van der Waals surface area (Å²) in [6, 6.07) is 15.1. The lowest BCUT2D eigenvalue weighted by atomic mass is 10.1. The Morgan fingerprint density at radius 2 is 1.76 bits per heavy atom. The highest BCUT2D eigenvalue weighted by Crippen LogP contribution is 2.37. The van der Waals surface area contributed by atoms with E-state index in [1.807, 2.05) is 49.4 Å². The van der Waals surface area contributed by atoms with Gasteiger partial charge in [-0.1, -0.05) is 67.7 Å². The molecule has 0 aliphatic heterocycles. The lowest BCUT2D eigenvalue weighted by molar-refractivity contribution is 0.282. The van der Waals surface area contributed by atoms with Gasteiger partial charge < -0.3 is 9.47 Å². The molecule has 3 aromatic carbocycles. The zero-order valence-electron chi connectivity index (χ0n) is 20.3. The van der Waals surface area contributed by atoms with Crippen LogP contribution < -0.4 is 15.0 Å². The van der Waals surface area contributed by atoms with Crippen molar-refractivity contribution in [2.45, 2.75) is 32.8 Å². The van der Waals surface area contributed by atoms with E-state index in [1.54, 1.807) is 19.4 Å². The molecule has 37 heavy (non-hydrogen) atoms. The highest BCUT2D eigenvalue weighted by Gasteiger charge is 2.16. The smallest absolute Gasteiger partial charge is 0.282 e. The molecular formula is C27H23Br4N3O3. The number of aromatic nitrogens is 2. The monoisotopic (exact) mass is 753 g/mol. The van der Waals surface area contributed by atoms with Gasteiger partial charge in [-0.25, -0.2) is 4.98 Å². The molecule has 0 bridgehead atoms. The van der Waals surface area contributed by atoms with Crippen LogP contribution in [0.1, 0.15) is 43.1 Å². The molecule has 0 fully saturated rings. The summed E-state index contributed by atoms with van der Waals surface area (Å²) < 4.78 is 16.5. The van der Waals surface area contributed by atoms with Crippen LogP contribution in [0.3, 0.4) is 0 Å². The molecular weight excluding hydrogens is 734 g/mol. The van der Waals surface area contributed by atoms with Gasteiger partial charge >= 0.3 is 0 Å². The van der Waals surface area contributed by atoms with E-state index in [2.05, 4.69) is 75.7 Å². The molecule has 0 spiro atoms. The van der Waals surface area contributed by atoms with Gasteiger partial charge in [-0.2, -0.15) is 9.78 Å². The first kappa shape index (κ1) is 28.0. The Morgan fingerprint density at radius 1 is 1.03 bits per heavy atom. The molecule has 0 aliphatic carbocycles. The summed E-state index contributed by atoms with van der Waals surface area (Å²) in [5.41, 5.74) is 2.16. The molecule has 192 valence electrons. The Morgan fingerprint density at radius 3 is 2.46 bits per heavy atom. The zero-order valence-corrected chi connectivity index (χ0v) is 26.6. The summed E-state index contributed by atoms with van der Waals surface area (Å²) in [6.07, 6.45) is 2.45. The Kier molecular flexibility index (Phi) is 9.26. The Bertz CT molecular complexity index is 1550. The summed E-state index contributed by atoms with van der Waals surface area (Å²) in [7, 11) is 1.59. The van der Waals surface area contributed by atoms with Gasteiger partial charge in [0.05, 0.1) is 28.7 Å². The highest BCUT2D eigenvalue weighted by atomic mass is 79.9. The first-order valence-corrected chi connectivity index (χ1v) is 14.6. The summed E-state index contributed by atoms with van der Waals surface area (Å²) in [6.45, 7) is 4.44. The van der Waals surface area contributed by atoms with E-state index >= 15 is 0 Å². The van der Waals surface area contributed by atoms with Gasteiger partial charge in [0.15, 0.2) is 11.5 Å². The zero-order chi connectivity index (χ0) is 26.7. The fraction of sp³-hybridized carbons (Fsp3) is 0.222. The van der Waals surface area contributed by atoms with Crippen LogP contribution >= 0.6 is 63.7 Å². The molecule has 10 heteroatoms. The van der Waals surface area contributed by atoms with Gasteiger partial charge in [0.25, 0.3) is 5.56 Å². The van der Waals surface area contributed by atoms with E-state index in [-0.39, 0.29) is 11.5 Å². The molecule has 0 radical (unpaired) electrons. The molecule has 0 N–H and O–H groups in total. The number of fused-ring (bicyclic) bond motifs is 1. The van der Waals surface area contributed by atoms with Crippen molar-refractivity contribution in [3.05, 3.63) is 93.7 Å². The van der Waals surface area contributed by atoms with E-state index in [0.717, 1.165) is 31.0 Å². The van der Waals surface area contributed by atoms with Gasteiger partial charge in [0.2, 0.25) is 0 Å². The van der Waals surface area contributed by atoms with E-state index in [0.29, 0.717) is 39.3 Å². The van der Waals surface area contributed by atoms with Gasteiger partial charge in [-0.05, 0) is 70.4 Å². The van der Waals surface area contributed by atoms with E-state index in [1.165, 1.54) is 4.68 Å². The average Bonchev–Trinajstić information content (AvgIpc) is 2.87. The Balaban J connectivity index is 1.69. The van der Waals surface area contributed by atoms with E-state index in [4.69, 9.17) is 14.5 Å². The van der Waals surface area contributed by atoms with Gasteiger partial charge in [-0.3, -0.25) is 4.79 Å². The van der Waals surface area contributed by atoms with Crippen molar-refractivity contribution in [3.63, 3.8) is 0 Å². The van der Waals surface area contributed by atoms with E-state index in [9.17, 15) is 4.79 Å². The molecule has 4 aromatic rings. The van der Waals surface area contributed by atoms with Crippen molar-refractivity contribution >= 4 is 80.8 Å². The van der Waals surface area contributed by atoms with Crippen molar-refractivity contribution in [1.29, 1.82) is 0 Å². The maximum absolute atomic E-state index is 13.4. The van der Waals surface area contributed by atoms with Crippen LogP contribution in [0.4, 0.5) is 0 Å².